The molecule has 0 aliphatic heterocycles. The van der Waals surface area contributed by atoms with Crippen LogP contribution in [0.5, 0.6) is 0 Å². The van der Waals surface area contributed by atoms with Crippen molar-refractivity contribution in [2.75, 3.05) is 0 Å². The number of carboxylic acid groups (broad SMARTS) is 2. The van der Waals surface area contributed by atoms with E-state index in [1.54, 1.807) is 0 Å². The molecular weight excluding hydrogens is 412 g/mol. The van der Waals surface area contributed by atoms with E-state index >= 15 is 0 Å². The molecule has 0 spiro atoms. The molecule has 0 aromatic rings. The molecule has 3 atom stereocenters. The Hall–Kier alpha value is -1.06. The first-order valence-corrected chi connectivity index (χ1v) is 14.2. The predicted molar refractivity (Wildman–Crippen MR) is 137 cm³/mol. The summed E-state index contributed by atoms with van der Waals surface area (Å²) in [5, 5.41) is 20.2. The van der Waals surface area contributed by atoms with E-state index in [1.165, 1.54) is 51.4 Å². The van der Waals surface area contributed by atoms with Crippen molar-refractivity contribution in [1.29, 1.82) is 0 Å². The molecule has 4 heteroatoms. The maximum Gasteiger partial charge on any atom is 0.309 e. The van der Waals surface area contributed by atoms with E-state index in [-0.39, 0.29) is 5.92 Å². The van der Waals surface area contributed by atoms with Gasteiger partial charge in [0.05, 0.1) is 11.3 Å². The lowest BCUT2D eigenvalue weighted by Crippen LogP contribution is -2.47. The molecule has 3 unspecified atom stereocenters. The number of hydrogen-bond donors (Lipinski definition) is 2. The minimum absolute atomic E-state index is 0.219. The van der Waals surface area contributed by atoms with Gasteiger partial charge in [-0.25, -0.2) is 0 Å². The normalized spacial score (nSPS) is 23.3. The second kappa shape index (κ2) is 16.5. The maximum absolute atomic E-state index is 12.6. The number of rotatable bonds is 19. The van der Waals surface area contributed by atoms with Crippen molar-refractivity contribution in [2.45, 2.75) is 143 Å². The number of carbonyl (C=O) groups is 2. The highest BCUT2D eigenvalue weighted by Crippen LogP contribution is 2.50. The van der Waals surface area contributed by atoms with Gasteiger partial charge in [0.2, 0.25) is 0 Å². The Bertz CT molecular complexity index is 542. The van der Waals surface area contributed by atoms with Crippen molar-refractivity contribution in [3.63, 3.8) is 0 Å². The molecule has 0 radical (unpaired) electrons. The average molecular weight is 467 g/mol. The third-order valence-electron chi connectivity index (χ3n) is 8.03. The highest BCUT2D eigenvalue weighted by atomic mass is 16.4. The van der Waals surface area contributed by atoms with E-state index in [9.17, 15) is 19.8 Å². The van der Waals surface area contributed by atoms with Crippen LogP contribution in [0.15, 0.2) is 0 Å². The molecule has 1 aliphatic rings. The average Bonchev–Trinajstić information content (AvgIpc) is 2.74. The smallest absolute Gasteiger partial charge is 0.309 e. The van der Waals surface area contributed by atoms with Crippen LogP contribution < -0.4 is 0 Å². The van der Waals surface area contributed by atoms with Crippen LogP contribution in [0.1, 0.15) is 143 Å². The predicted octanol–water partition coefficient (Wildman–Crippen LogP) is 8.72. The fourth-order valence-corrected chi connectivity index (χ4v) is 6.01. The molecule has 1 aliphatic carbocycles. The summed E-state index contributed by atoms with van der Waals surface area (Å²) in [6.45, 7) is 9.04. The van der Waals surface area contributed by atoms with Crippen LogP contribution in [0, 0.1) is 29.1 Å². The molecule has 0 heterocycles. The Morgan fingerprint density at radius 1 is 0.758 bits per heavy atom. The fraction of sp³-hybridized carbons (Fsp3) is 0.931. The Kier molecular flexibility index (Phi) is 15.0. The number of carboxylic acids is 2. The first-order chi connectivity index (χ1) is 15.7. The van der Waals surface area contributed by atoms with Crippen molar-refractivity contribution < 1.29 is 19.8 Å². The van der Waals surface area contributed by atoms with Crippen LogP contribution in [-0.2, 0) is 9.59 Å². The molecule has 1 fully saturated rings. The zero-order valence-corrected chi connectivity index (χ0v) is 22.2. The Morgan fingerprint density at radius 2 is 1.24 bits per heavy atom. The Morgan fingerprint density at radius 3 is 1.73 bits per heavy atom. The molecule has 0 aromatic carbocycles. The molecule has 0 saturated heterocycles. The van der Waals surface area contributed by atoms with Gasteiger partial charge in [0.1, 0.15) is 0 Å². The van der Waals surface area contributed by atoms with Gasteiger partial charge in [0.15, 0.2) is 0 Å². The molecule has 4 nitrogen and oxygen atoms in total. The minimum Gasteiger partial charge on any atom is -0.481 e. The summed E-state index contributed by atoms with van der Waals surface area (Å²) >= 11 is 0. The van der Waals surface area contributed by atoms with Crippen molar-refractivity contribution in [3.05, 3.63) is 0 Å². The van der Waals surface area contributed by atoms with E-state index in [2.05, 4.69) is 27.7 Å². The van der Waals surface area contributed by atoms with Crippen LogP contribution in [0.2, 0.25) is 0 Å². The van der Waals surface area contributed by atoms with Gasteiger partial charge in [-0.1, -0.05) is 118 Å². The molecule has 0 bridgehead atoms. The minimum atomic E-state index is -0.837. The largest absolute Gasteiger partial charge is 0.481 e. The third-order valence-corrected chi connectivity index (χ3v) is 8.03. The van der Waals surface area contributed by atoms with E-state index in [4.69, 9.17) is 0 Å². The number of unbranched alkanes of at least 4 members (excludes halogenated alkanes) is 9. The van der Waals surface area contributed by atoms with E-state index in [1.807, 2.05) is 0 Å². The monoisotopic (exact) mass is 466 g/mol. The topological polar surface area (TPSA) is 74.6 Å². The molecule has 0 aromatic heterocycles. The molecule has 2 N–H and O–H groups in total. The summed E-state index contributed by atoms with van der Waals surface area (Å²) in [6.07, 6.45) is 18.7. The molecule has 33 heavy (non-hydrogen) atoms. The highest BCUT2D eigenvalue weighted by Gasteiger charge is 2.52. The second-order valence-corrected chi connectivity index (χ2v) is 11.7. The van der Waals surface area contributed by atoms with Gasteiger partial charge in [-0.15, -0.1) is 0 Å². The third kappa shape index (κ3) is 11.3. The highest BCUT2D eigenvalue weighted by molar-refractivity contribution is 5.78. The summed E-state index contributed by atoms with van der Waals surface area (Å²) in [4.78, 5) is 24.6. The molecule has 1 saturated carbocycles. The summed E-state index contributed by atoms with van der Waals surface area (Å²) < 4.78 is 0. The van der Waals surface area contributed by atoms with Crippen molar-refractivity contribution >= 4 is 11.9 Å². The SMILES string of the molecule is CC(C)CCCCCCCCCC1C(C(=O)O)CCCC1(CCCCCCC(C)C)C(=O)O. The van der Waals surface area contributed by atoms with E-state index in [0.29, 0.717) is 19.3 Å². The zero-order chi connectivity index (χ0) is 24.7. The van der Waals surface area contributed by atoms with Crippen molar-refractivity contribution in [1.82, 2.24) is 0 Å². The van der Waals surface area contributed by atoms with Crippen molar-refractivity contribution in [2.24, 2.45) is 29.1 Å². The first-order valence-electron chi connectivity index (χ1n) is 14.2. The van der Waals surface area contributed by atoms with E-state index < -0.39 is 23.3 Å². The van der Waals surface area contributed by atoms with Gasteiger partial charge in [-0.2, -0.15) is 0 Å². The molecule has 1 rings (SSSR count). The van der Waals surface area contributed by atoms with Gasteiger partial charge >= 0.3 is 11.9 Å². The van der Waals surface area contributed by atoms with Gasteiger partial charge < -0.3 is 10.2 Å². The quantitative estimate of drug-likeness (QED) is 0.187. The van der Waals surface area contributed by atoms with Crippen molar-refractivity contribution in [3.8, 4) is 0 Å². The van der Waals surface area contributed by atoms with Gasteiger partial charge in [0.25, 0.3) is 0 Å². The molecule has 0 amide bonds. The van der Waals surface area contributed by atoms with Crippen LogP contribution in [-0.4, -0.2) is 22.2 Å². The lowest BCUT2D eigenvalue weighted by Gasteiger charge is -2.44. The van der Waals surface area contributed by atoms with Gasteiger partial charge in [-0.3, -0.25) is 9.59 Å². The van der Waals surface area contributed by atoms with Crippen LogP contribution in [0.4, 0.5) is 0 Å². The Balaban J connectivity index is 2.57. The summed E-state index contributed by atoms with van der Waals surface area (Å²) in [5.74, 6) is -0.736. The lowest BCUT2D eigenvalue weighted by atomic mass is 9.58. The fourth-order valence-electron chi connectivity index (χ4n) is 6.01. The Labute approximate surface area is 204 Å². The van der Waals surface area contributed by atoms with Crippen LogP contribution in [0.25, 0.3) is 0 Å². The van der Waals surface area contributed by atoms with Gasteiger partial charge in [-0.05, 0) is 43.4 Å². The summed E-state index contributed by atoms with van der Waals surface area (Å²) in [7, 11) is 0. The van der Waals surface area contributed by atoms with E-state index in [0.717, 1.165) is 56.8 Å². The second-order valence-electron chi connectivity index (χ2n) is 11.7. The maximum atomic E-state index is 12.6. The lowest BCUT2D eigenvalue weighted by molar-refractivity contribution is -0.164. The summed E-state index contributed by atoms with van der Waals surface area (Å²) in [5.41, 5.74) is -0.837. The number of aliphatic carboxylic acids is 2. The van der Waals surface area contributed by atoms with Crippen LogP contribution in [0.3, 0.4) is 0 Å². The zero-order valence-electron chi connectivity index (χ0n) is 22.2. The standard InChI is InChI=1S/C29H54O4/c1-23(2)17-12-8-6-5-7-9-14-20-26-25(27(30)31)19-16-22-29(26,28(32)33)21-15-11-10-13-18-24(3)4/h23-26H,5-22H2,1-4H3,(H,30,31)(H,32,33). The van der Waals surface area contributed by atoms with Gasteiger partial charge in [0, 0.05) is 0 Å². The van der Waals surface area contributed by atoms with Crippen LogP contribution >= 0.6 is 0 Å². The summed E-state index contributed by atoms with van der Waals surface area (Å²) in [6, 6.07) is 0. The molecule has 194 valence electrons. The molecular formula is C29H54O4. The number of hydrogen-bond acceptors (Lipinski definition) is 2. The first kappa shape index (κ1) is 30.0.